The van der Waals surface area contributed by atoms with Gasteiger partial charge in [-0.15, -0.1) is 0 Å². The van der Waals surface area contributed by atoms with Crippen molar-refractivity contribution in [2.45, 2.75) is 6.61 Å². The van der Waals surface area contributed by atoms with E-state index in [0.29, 0.717) is 10.6 Å². The van der Waals surface area contributed by atoms with Crippen LogP contribution in [0.2, 0.25) is 5.02 Å². The van der Waals surface area contributed by atoms with Gasteiger partial charge in [-0.25, -0.2) is 22.0 Å². The van der Waals surface area contributed by atoms with Crippen molar-refractivity contribution in [2.75, 3.05) is 0 Å². The van der Waals surface area contributed by atoms with Crippen molar-refractivity contribution in [3.8, 4) is 0 Å². The molecule has 2 nitrogen and oxygen atoms in total. The molecular weight excluding hydrogens is 329 g/mol. The van der Waals surface area contributed by atoms with E-state index in [4.69, 9.17) is 11.6 Å². The maximum Gasteiger partial charge on any atom is 0.200 e. The van der Waals surface area contributed by atoms with Crippen molar-refractivity contribution in [1.82, 2.24) is 0 Å². The Labute approximate surface area is 126 Å². The fraction of sp³-hybridized carbons (Fsp3) is 0.0714. The van der Waals surface area contributed by atoms with Crippen LogP contribution in [0, 0.1) is 29.1 Å². The maximum atomic E-state index is 13.3. The average molecular weight is 336 g/mol. The van der Waals surface area contributed by atoms with Gasteiger partial charge in [-0.05, 0) is 17.7 Å². The minimum absolute atomic E-state index is 0.500. The van der Waals surface area contributed by atoms with Crippen LogP contribution in [0.1, 0.15) is 11.1 Å². The predicted octanol–water partition coefficient (Wildman–Crippen LogP) is 4.59. The molecular formula is C14H7ClF5NO. The standard InChI is InChI=1S/C14H7ClF5NO/c15-8-3-1-7(2-4-8)5-21-22-6-9-10(16)12(18)14(20)13(19)11(9)17/h1-5H,6H2. The Kier molecular flexibility index (Phi) is 4.97. The highest BCUT2D eigenvalue weighted by molar-refractivity contribution is 6.30. The number of benzene rings is 2. The quantitative estimate of drug-likeness (QED) is 0.263. The summed E-state index contributed by atoms with van der Waals surface area (Å²) in [5, 5.41) is 3.89. The second-order valence-corrected chi connectivity index (χ2v) is 4.54. The Hall–Kier alpha value is -2.15. The number of oxime groups is 1. The molecule has 0 fully saturated rings. The molecule has 2 aromatic rings. The van der Waals surface area contributed by atoms with E-state index < -0.39 is 41.3 Å². The topological polar surface area (TPSA) is 21.6 Å². The van der Waals surface area contributed by atoms with Gasteiger partial charge in [-0.1, -0.05) is 28.9 Å². The number of hydrogen-bond donors (Lipinski definition) is 0. The molecule has 0 aliphatic heterocycles. The molecule has 0 heterocycles. The van der Waals surface area contributed by atoms with Gasteiger partial charge in [0.25, 0.3) is 0 Å². The lowest BCUT2D eigenvalue weighted by molar-refractivity contribution is 0.124. The third-order valence-electron chi connectivity index (χ3n) is 2.66. The SMILES string of the molecule is Fc1c(F)c(F)c(CON=Cc2ccc(Cl)cc2)c(F)c1F. The Morgan fingerprint density at radius 3 is 1.91 bits per heavy atom. The van der Waals surface area contributed by atoms with Crippen molar-refractivity contribution < 1.29 is 26.8 Å². The largest absolute Gasteiger partial charge is 0.391 e. The number of nitrogens with zero attached hydrogens (tertiary/aromatic N) is 1. The summed E-state index contributed by atoms with van der Waals surface area (Å²) in [5.41, 5.74) is -0.522. The highest BCUT2D eigenvalue weighted by Crippen LogP contribution is 2.23. The molecule has 0 unspecified atom stereocenters. The van der Waals surface area contributed by atoms with Crippen LogP contribution >= 0.6 is 11.6 Å². The minimum atomic E-state index is -2.22. The summed E-state index contributed by atoms with van der Waals surface area (Å²) in [6, 6.07) is 6.33. The zero-order valence-corrected chi connectivity index (χ0v) is 11.5. The molecule has 0 saturated heterocycles. The van der Waals surface area contributed by atoms with E-state index in [1.807, 2.05) is 0 Å². The fourth-order valence-electron chi connectivity index (χ4n) is 1.53. The first kappa shape index (κ1) is 16.2. The normalized spacial score (nSPS) is 11.2. The Morgan fingerprint density at radius 1 is 0.864 bits per heavy atom. The second kappa shape index (κ2) is 6.74. The van der Waals surface area contributed by atoms with Crippen LogP contribution in [-0.4, -0.2) is 6.21 Å². The van der Waals surface area contributed by atoms with Crippen LogP contribution in [0.4, 0.5) is 22.0 Å². The van der Waals surface area contributed by atoms with Gasteiger partial charge in [-0.3, -0.25) is 0 Å². The highest BCUT2D eigenvalue weighted by Gasteiger charge is 2.25. The highest BCUT2D eigenvalue weighted by atomic mass is 35.5. The molecule has 0 aliphatic carbocycles. The third-order valence-corrected chi connectivity index (χ3v) is 2.91. The van der Waals surface area contributed by atoms with Crippen LogP contribution < -0.4 is 0 Å². The van der Waals surface area contributed by atoms with Gasteiger partial charge in [0.15, 0.2) is 23.3 Å². The summed E-state index contributed by atoms with van der Waals surface area (Å²) >= 11 is 5.67. The molecule has 0 radical (unpaired) electrons. The summed E-state index contributed by atoms with van der Waals surface area (Å²) in [4.78, 5) is 4.57. The predicted molar refractivity (Wildman–Crippen MR) is 70.1 cm³/mol. The number of halogens is 6. The number of rotatable bonds is 4. The number of hydrogen-bond acceptors (Lipinski definition) is 2. The monoisotopic (exact) mass is 335 g/mol. The molecule has 22 heavy (non-hydrogen) atoms. The molecule has 8 heteroatoms. The van der Waals surface area contributed by atoms with Gasteiger partial charge in [0.05, 0.1) is 11.8 Å². The molecule has 0 amide bonds. The van der Waals surface area contributed by atoms with E-state index in [1.165, 1.54) is 6.21 Å². The van der Waals surface area contributed by atoms with Crippen molar-refractivity contribution in [3.05, 3.63) is 69.5 Å². The lowest BCUT2D eigenvalue weighted by Crippen LogP contribution is -2.07. The van der Waals surface area contributed by atoms with Crippen LogP contribution in [0.15, 0.2) is 29.4 Å². The smallest absolute Gasteiger partial charge is 0.200 e. The molecule has 0 atom stereocenters. The summed E-state index contributed by atoms with van der Waals surface area (Å²) in [6.45, 7) is -0.907. The first-order valence-corrected chi connectivity index (χ1v) is 6.20. The van der Waals surface area contributed by atoms with Gasteiger partial charge in [-0.2, -0.15) is 0 Å². The summed E-state index contributed by atoms with van der Waals surface area (Å²) < 4.78 is 65.4. The zero-order chi connectivity index (χ0) is 16.3. The average Bonchev–Trinajstić information content (AvgIpc) is 2.52. The van der Waals surface area contributed by atoms with Gasteiger partial charge < -0.3 is 4.84 Å². The first-order valence-electron chi connectivity index (χ1n) is 5.83. The molecule has 116 valence electrons. The van der Waals surface area contributed by atoms with E-state index in [-0.39, 0.29) is 0 Å². The van der Waals surface area contributed by atoms with Crippen molar-refractivity contribution in [2.24, 2.45) is 5.16 Å². The lowest BCUT2D eigenvalue weighted by atomic mass is 10.2. The van der Waals surface area contributed by atoms with E-state index in [2.05, 4.69) is 9.99 Å². The van der Waals surface area contributed by atoms with Crippen LogP contribution in [0.3, 0.4) is 0 Å². The van der Waals surface area contributed by atoms with Gasteiger partial charge in [0.2, 0.25) is 5.82 Å². The Balaban J connectivity index is 2.11. The van der Waals surface area contributed by atoms with Crippen LogP contribution in [0.25, 0.3) is 0 Å². The molecule has 2 rings (SSSR count). The Morgan fingerprint density at radius 2 is 1.36 bits per heavy atom. The van der Waals surface area contributed by atoms with E-state index >= 15 is 0 Å². The van der Waals surface area contributed by atoms with Crippen LogP contribution in [0.5, 0.6) is 0 Å². The summed E-state index contributed by atoms with van der Waals surface area (Å²) in [5.74, 6) is -10.2. The van der Waals surface area contributed by atoms with Gasteiger partial charge >= 0.3 is 0 Å². The third kappa shape index (κ3) is 3.36. The zero-order valence-electron chi connectivity index (χ0n) is 10.7. The molecule has 0 spiro atoms. The van der Waals surface area contributed by atoms with Gasteiger partial charge in [0, 0.05) is 5.02 Å². The summed E-state index contributed by atoms with van der Waals surface area (Å²) in [6.07, 6.45) is 1.20. The maximum absolute atomic E-state index is 13.3. The van der Waals surface area contributed by atoms with E-state index in [1.54, 1.807) is 24.3 Å². The molecule has 0 saturated carbocycles. The molecule has 0 aliphatic rings. The van der Waals surface area contributed by atoms with Crippen LogP contribution in [-0.2, 0) is 11.4 Å². The van der Waals surface area contributed by atoms with Crippen molar-refractivity contribution >= 4 is 17.8 Å². The van der Waals surface area contributed by atoms with Crippen molar-refractivity contribution in [1.29, 1.82) is 0 Å². The van der Waals surface area contributed by atoms with E-state index in [0.717, 1.165) is 0 Å². The molecule has 2 aromatic carbocycles. The first-order chi connectivity index (χ1) is 10.4. The molecule has 0 bridgehead atoms. The van der Waals surface area contributed by atoms with Gasteiger partial charge in [0.1, 0.15) is 6.61 Å². The molecule has 0 N–H and O–H groups in total. The van der Waals surface area contributed by atoms with E-state index in [9.17, 15) is 22.0 Å². The van der Waals surface area contributed by atoms with Crippen molar-refractivity contribution in [3.63, 3.8) is 0 Å². The summed E-state index contributed by atoms with van der Waals surface area (Å²) in [7, 11) is 0. The molecule has 0 aromatic heterocycles. The lowest BCUT2D eigenvalue weighted by Gasteiger charge is -2.06. The minimum Gasteiger partial charge on any atom is -0.391 e. The Bertz CT molecular complexity index is 689. The second-order valence-electron chi connectivity index (χ2n) is 4.11. The fourth-order valence-corrected chi connectivity index (χ4v) is 1.65.